The summed E-state index contributed by atoms with van der Waals surface area (Å²) in [5, 5.41) is 5.45. The van der Waals surface area contributed by atoms with Gasteiger partial charge in [0, 0.05) is 65.9 Å². The molecule has 1 aliphatic heterocycles. The minimum atomic E-state index is -3.71. The van der Waals surface area contributed by atoms with Crippen LogP contribution in [-0.4, -0.2) is 22.4 Å². The first-order chi connectivity index (χ1) is 34.8. The third-order valence-electron chi connectivity index (χ3n) is 13.9. The summed E-state index contributed by atoms with van der Waals surface area (Å²) >= 11 is 0. The van der Waals surface area contributed by atoms with E-state index in [-0.39, 0.29) is 26.5 Å². The fraction of sp³-hybridized carbons (Fsp3) is 0.0625. The summed E-state index contributed by atoms with van der Waals surface area (Å²) in [5.41, 5.74) is 11.4. The molecule has 4 heterocycles. The van der Waals surface area contributed by atoms with Crippen LogP contribution in [0.4, 0.5) is 0 Å². The minimum Gasteiger partial charge on any atom is -0.510 e. The molecule has 13 rings (SSSR count). The normalized spacial score (nSPS) is 12.8. The Labute approximate surface area is 434 Å². The van der Waals surface area contributed by atoms with Crippen molar-refractivity contribution < 1.29 is 34.8 Å². The summed E-state index contributed by atoms with van der Waals surface area (Å²) < 4.78 is 20.8. The molecule has 0 amide bonds. The van der Waals surface area contributed by atoms with Gasteiger partial charge in [-0.2, -0.15) is 18.2 Å². The largest absolute Gasteiger partial charge is 0.510 e. The standard InChI is InChI=1S/C64H46N4O2Si.Pt/c1-64(2,3)46-38-39-65-61(40-46)71(62-51(44-20-7-4-8-21-44)29-18-34-59(62)70-60-35-19-30-52(63(60)71)45-22-9-5-10-23-45)67-43-66(56-32-15-16-33-57(56)67)48-26-17-27-49(41-48)69-50-36-37-54-53-28-13-14-31-55(53)68(58(54)42-50)47-24-11-6-12-25-47;/h4-35,37-40,42H,1-3H3;/q-2;. The van der Waals surface area contributed by atoms with Gasteiger partial charge in [-0.3, -0.25) is 4.98 Å². The van der Waals surface area contributed by atoms with E-state index >= 15 is 0 Å². The number of benzene rings is 9. The Morgan fingerprint density at radius 1 is 0.569 bits per heavy atom. The average molecular weight is 1130 g/mol. The van der Waals surface area contributed by atoms with Gasteiger partial charge in [0.05, 0.1) is 10.8 Å². The molecule has 0 radical (unpaired) electrons. The van der Waals surface area contributed by atoms with E-state index in [1.54, 1.807) is 0 Å². The van der Waals surface area contributed by atoms with Crippen LogP contribution >= 0.6 is 0 Å². The number of hydrogen-bond acceptors (Lipinski definition) is 3. The van der Waals surface area contributed by atoms with Crippen LogP contribution in [-0.2, 0) is 26.5 Å². The third-order valence-corrected chi connectivity index (χ3v) is 18.4. The fourth-order valence-electron chi connectivity index (χ4n) is 10.7. The van der Waals surface area contributed by atoms with Crippen molar-refractivity contribution in [3.05, 3.63) is 249 Å². The van der Waals surface area contributed by atoms with Gasteiger partial charge in [-0.25, -0.2) is 0 Å². The molecular formula is C64H46N4O2PtSi-2. The van der Waals surface area contributed by atoms with E-state index in [1.807, 2.05) is 30.5 Å². The average Bonchev–Trinajstić information content (AvgIpc) is 3.97. The Morgan fingerprint density at radius 3 is 1.86 bits per heavy atom. The Hall–Kier alpha value is -8.09. The van der Waals surface area contributed by atoms with E-state index in [0.717, 1.165) is 93.7 Å². The maximum atomic E-state index is 7.20. The number of fused-ring (bicyclic) bond motifs is 6. The van der Waals surface area contributed by atoms with Gasteiger partial charge in [-0.1, -0.05) is 178 Å². The maximum absolute atomic E-state index is 7.20. The molecule has 0 saturated heterocycles. The summed E-state index contributed by atoms with van der Waals surface area (Å²) in [7, 11) is -3.71. The Kier molecular flexibility index (Phi) is 11.2. The van der Waals surface area contributed by atoms with Gasteiger partial charge in [-0.05, 0) is 81.1 Å². The van der Waals surface area contributed by atoms with E-state index in [0.29, 0.717) is 11.5 Å². The van der Waals surface area contributed by atoms with Crippen molar-refractivity contribution >= 4 is 56.8 Å². The number of hydrogen-bond donors (Lipinski definition) is 0. The van der Waals surface area contributed by atoms with Crippen LogP contribution in [0.1, 0.15) is 26.3 Å². The Bertz CT molecular complexity index is 3910. The van der Waals surface area contributed by atoms with Crippen LogP contribution in [0.3, 0.4) is 0 Å². The van der Waals surface area contributed by atoms with Crippen LogP contribution in [0.2, 0.25) is 0 Å². The molecule has 8 heteroatoms. The first kappa shape index (κ1) is 45.1. The van der Waals surface area contributed by atoms with Gasteiger partial charge in [0.2, 0.25) is 6.33 Å². The molecule has 0 fully saturated rings. The first-order valence-corrected chi connectivity index (χ1v) is 26.0. The molecule has 0 unspecified atom stereocenters. The summed E-state index contributed by atoms with van der Waals surface area (Å²) in [4.78, 5) is 5.53. The number of aromatic nitrogens is 4. The number of para-hydroxylation sites is 4. The predicted octanol–water partition coefficient (Wildman–Crippen LogP) is 12.9. The molecule has 0 N–H and O–H groups in total. The van der Waals surface area contributed by atoms with E-state index < -0.39 is 8.24 Å². The van der Waals surface area contributed by atoms with Crippen LogP contribution in [0.25, 0.3) is 66.5 Å². The zero-order chi connectivity index (χ0) is 47.7. The van der Waals surface area contributed by atoms with Gasteiger partial charge in [0.15, 0.2) is 0 Å². The van der Waals surface area contributed by atoms with E-state index in [9.17, 15) is 0 Å². The summed E-state index contributed by atoms with van der Waals surface area (Å²) in [6.45, 7) is 6.81. The molecule has 0 bridgehead atoms. The van der Waals surface area contributed by atoms with Crippen molar-refractivity contribution in [2.45, 2.75) is 26.2 Å². The molecule has 9 aromatic carbocycles. The zero-order valence-electron chi connectivity index (χ0n) is 39.8. The molecule has 12 aromatic rings. The SMILES string of the molecule is CC(C)(C)c1ccnc([Si]2([n+]3[c-]n(-c4[c-]c(Oc5[c-]cc6c7ccccc7n(-c7ccccc7)c6c5)ccc4)c4ccccc43)c3c(cccc3-c3ccccc3)Oc3cccc(-c4ccccc4)c32)c1.[Pt]. The first-order valence-electron chi connectivity index (χ1n) is 24.0. The molecule has 1 aliphatic rings. The topological polar surface area (TPSA) is 45.1 Å². The van der Waals surface area contributed by atoms with E-state index in [2.05, 4.69) is 247 Å². The summed E-state index contributed by atoms with van der Waals surface area (Å²) in [6.07, 6.45) is 6.07. The van der Waals surface area contributed by atoms with Crippen molar-refractivity contribution in [1.82, 2.24) is 14.1 Å². The maximum Gasteiger partial charge on any atom is 0.372 e. The molecule has 3 aromatic heterocycles. The second-order valence-corrected chi connectivity index (χ2v) is 22.5. The smallest absolute Gasteiger partial charge is 0.372 e. The van der Waals surface area contributed by atoms with Crippen LogP contribution in [0.15, 0.2) is 225 Å². The summed E-state index contributed by atoms with van der Waals surface area (Å²) in [5.74, 6) is 2.76. The van der Waals surface area contributed by atoms with Gasteiger partial charge in [-0.15, -0.1) is 29.7 Å². The van der Waals surface area contributed by atoms with Crippen molar-refractivity contribution in [1.29, 1.82) is 0 Å². The van der Waals surface area contributed by atoms with Crippen molar-refractivity contribution in [2.24, 2.45) is 0 Å². The zero-order valence-corrected chi connectivity index (χ0v) is 43.1. The predicted molar refractivity (Wildman–Crippen MR) is 288 cm³/mol. The van der Waals surface area contributed by atoms with E-state index in [1.165, 1.54) is 5.56 Å². The number of pyridine rings is 1. The van der Waals surface area contributed by atoms with Crippen molar-refractivity contribution in [3.8, 4) is 56.6 Å². The van der Waals surface area contributed by atoms with Crippen LogP contribution in [0.5, 0.6) is 23.0 Å². The molecule has 0 atom stereocenters. The Morgan fingerprint density at radius 2 is 1.18 bits per heavy atom. The van der Waals surface area contributed by atoms with Crippen LogP contribution < -0.4 is 29.4 Å². The van der Waals surface area contributed by atoms with Gasteiger partial charge >= 0.3 is 8.24 Å². The van der Waals surface area contributed by atoms with Crippen LogP contribution in [0, 0.1) is 18.5 Å². The van der Waals surface area contributed by atoms with Gasteiger partial charge in [0.25, 0.3) is 0 Å². The molecule has 0 spiro atoms. The molecule has 6 nitrogen and oxygen atoms in total. The van der Waals surface area contributed by atoms with E-state index in [4.69, 9.17) is 14.5 Å². The summed E-state index contributed by atoms with van der Waals surface area (Å²) in [6, 6.07) is 83.7. The number of rotatable bonds is 8. The quantitative estimate of drug-likeness (QED) is 0.113. The monoisotopic (exact) mass is 1130 g/mol. The van der Waals surface area contributed by atoms with Crippen molar-refractivity contribution in [3.63, 3.8) is 0 Å². The second kappa shape index (κ2) is 17.9. The van der Waals surface area contributed by atoms with Crippen molar-refractivity contribution in [2.75, 3.05) is 0 Å². The molecule has 0 aliphatic carbocycles. The number of ether oxygens (including phenoxy) is 2. The number of imidazole rings is 1. The molecule has 72 heavy (non-hydrogen) atoms. The molecule has 350 valence electrons. The fourth-order valence-corrected chi connectivity index (χ4v) is 15.7. The molecular weight excluding hydrogens is 1080 g/mol. The minimum absolute atomic E-state index is 0. The third kappa shape index (κ3) is 7.34. The Balaban J connectivity index is 0.00000530. The molecule has 0 saturated carbocycles. The number of nitrogens with zero attached hydrogens (tertiary/aromatic N) is 4. The van der Waals surface area contributed by atoms with Gasteiger partial charge < -0.3 is 22.8 Å². The van der Waals surface area contributed by atoms with Gasteiger partial charge in [0.1, 0.15) is 11.5 Å². The second-order valence-electron chi connectivity index (χ2n) is 19.1.